The van der Waals surface area contributed by atoms with Gasteiger partial charge in [-0.15, -0.1) is 0 Å². The van der Waals surface area contributed by atoms with Crippen LogP contribution < -0.4 is 0 Å². The van der Waals surface area contributed by atoms with Crippen LogP contribution >= 0.6 is 0 Å². The molecule has 0 amide bonds. The van der Waals surface area contributed by atoms with Crippen molar-refractivity contribution < 1.29 is 63.5 Å². The fourth-order valence-electron chi connectivity index (χ4n) is 13.2. The molecule has 0 aromatic carbocycles. The molecule has 0 bridgehead atoms. The lowest BCUT2D eigenvalue weighted by Crippen LogP contribution is -2.62. The van der Waals surface area contributed by atoms with Crippen LogP contribution in [0.1, 0.15) is 118 Å². The summed E-state index contributed by atoms with van der Waals surface area (Å²) >= 11 is 0. The maximum Gasteiger partial charge on any atom is 0.306 e. The molecular weight excluding hydrogens is 700 g/mol. The van der Waals surface area contributed by atoms with E-state index in [4.69, 9.17) is 33.2 Å². The summed E-state index contributed by atoms with van der Waals surface area (Å²) in [6.07, 6.45) is 1.01. The van der Waals surface area contributed by atoms with Gasteiger partial charge < -0.3 is 58.7 Å². The fourth-order valence-corrected chi connectivity index (χ4v) is 13.2. The lowest BCUT2D eigenvalue weighted by atomic mass is 9.43. The van der Waals surface area contributed by atoms with Crippen LogP contribution in [0.4, 0.5) is 0 Å². The van der Waals surface area contributed by atoms with Crippen LogP contribution in [0.25, 0.3) is 0 Å². The summed E-state index contributed by atoms with van der Waals surface area (Å²) in [4.78, 5) is 12.0. The molecule has 8 fully saturated rings. The van der Waals surface area contributed by atoms with Crippen molar-refractivity contribution in [3.05, 3.63) is 0 Å². The maximum atomic E-state index is 12.6. The molecule has 4 aliphatic carbocycles. The lowest BCUT2D eigenvalue weighted by Gasteiger charge is -2.64. The van der Waals surface area contributed by atoms with E-state index in [1.54, 1.807) is 13.8 Å². The molecule has 0 spiro atoms. The van der Waals surface area contributed by atoms with Crippen molar-refractivity contribution in [2.45, 2.75) is 204 Å². The van der Waals surface area contributed by atoms with E-state index in [2.05, 4.69) is 13.8 Å². The first-order valence-corrected chi connectivity index (χ1v) is 21.1. The molecule has 0 radical (unpaired) electrons. The summed E-state index contributed by atoms with van der Waals surface area (Å²) < 4.78 is 42.3. The number of aliphatic hydroxyl groups is 5. The van der Waals surface area contributed by atoms with Gasteiger partial charge in [0.05, 0.1) is 61.4 Å². The number of rotatable bonds is 7. The summed E-state index contributed by atoms with van der Waals surface area (Å²) in [7, 11) is 0. The molecule has 8 rings (SSSR count). The standard InChI is InChI=1S/C41H66O13/c1-20-36(46)29(42)16-34(49-20)53-38-22(3)51-35(18-31(38)44)54-37-21(2)50-33(17-30(37)43)52-25-8-11-39(4)24(15-25)6-7-28-27(39)9-12-40(5)26(10-13-41(28,40)47)23-14-32(45)48-19-23/h20-31,33-38,42-44,46-47H,6-19H2,1-5H3. The summed E-state index contributed by atoms with van der Waals surface area (Å²) in [6, 6.07) is 0. The monoisotopic (exact) mass is 766 g/mol. The number of hydrogen-bond donors (Lipinski definition) is 5. The molecule has 4 saturated heterocycles. The number of carbonyl (C=O) groups excluding carboxylic acids is 1. The Kier molecular flexibility index (Phi) is 11.1. The molecule has 0 aromatic heterocycles. The molecule has 13 nitrogen and oxygen atoms in total. The third-order valence-electron chi connectivity index (χ3n) is 16.3. The predicted octanol–water partition coefficient (Wildman–Crippen LogP) is 3.33. The summed E-state index contributed by atoms with van der Waals surface area (Å²) in [6.45, 7) is 10.6. The molecule has 5 N–H and O–H groups in total. The summed E-state index contributed by atoms with van der Waals surface area (Å²) in [5.41, 5.74) is -0.728. The Morgan fingerprint density at radius 1 is 0.648 bits per heavy atom. The SMILES string of the molecule is CC1OC(OC2C(O)CC(OC3C(O)CC(OC4CCC5(C)C(CCC6C5CCC5(C)C(C7COC(=O)C7)CCC65O)C4)OC3C)OC2C)CC(O)C1O. The topological polar surface area (TPSA) is 183 Å². The number of fused-ring (bicyclic) bond motifs is 5. The number of aliphatic hydroxyl groups excluding tert-OH is 4. The highest BCUT2D eigenvalue weighted by Gasteiger charge is 2.68. The van der Waals surface area contributed by atoms with E-state index >= 15 is 0 Å². The van der Waals surface area contributed by atoms with Crippen molar-refractivity contribution in [3.8, 4) is 0 Å². The second-order valence-electron chi connectivity index (χ2n) is 19.1. The number of hydrogen-bond acceptors (Lipinski definition) is 13. The molecule has 21 atom stereocenters. The molecule has 308 valence electrons. The maximum absolute atomic E-state index is 12.6. The second-order valence-corrected chi connectivity index (χ2v) is 19.1. The highest BCUT2D eigenvalue weighted by molar-refractivity contribution is 5.71. The van der Waals surface area contributed by atoms with E-state index in [9.17, 15) is 30.3 Å². The number of ether oxygens (including phenoxy) is 7. The Morgan fingerprint density at radius 2 is 1.24 bits per heavy atom. The van der Waals surface area contributed by atoms with E-state index in [0.29, 0.717) is 30.8 Å². The van der Waals surface area contributed by atoms with Crippen LogP contribution in [0.5, 0.6) is 0 Å². The van der Waals surface area contributed by atoms with Gasteiger partial charge in [0, 0.05) is 25.2 Å². The Hall–Kier alpha value is -0.970. The minimum Gasteiger partial charge on any atom is -0.465 e. The van der Waals surface area contributed by atoms with Gasteiger partial charge in [-0.05, 0) is 113 Å². The Morgan fingerprint density at radius 3 is 1.83 bits per heavy atom. The third kappa shape index (κ3) is 6.90. The number of carbonyl (C=O) groups is 1. The zero-order valence-corrected chi connectivity index (χ0v) is 32.8. The van der Waals surface area contributed by atoms with Gasteiger partial charge in [0.25, 0.3) is 0 Å². The molecular formula is C41H66O13. The molecule has 8 aliphatic rings. The average molecular weight is 767 g/mol. The Labute approximate surface area is 319 Å². The number of esters is 1. The lowest BCUT2D eigenvalue weighted by molar-refractivity contribution is -0.336. The molecule has 4 heterocycles. The molecule has 0 aromatic rings. The van der Waals surface area contributed by atoms with Gasteiger partial charge in [0.1, 0.15) is 18.3 Å². The normalized spacial score (nSPS) is 56.4. The zero-order valence-electron chi connectivity index (χ0n) is 32.8. The average Bonchev–Trinajstić information content (AvgIpc) is 3.66. The first-order valence-electron chi connectivity index (χ1n) is 21.1. The minimum absolute atomic E-state index is 0.0318. The molecule has 21 unspecified atom stereocenters. The third-order valence-corrected chi connectivity index (χ3v) is 16.3. The predicted molar refractivity (Wildman–Crippen MR) is 191 cm³/mol. The first kappa shape index (κ1) is 39.8. The van der Waals surface area contributed by atoms with E-state index in [1.165, 1.54) is 0 Å². The van der Waals surface area contributed by atoms with Crippen LogP contribution in [0.2, 0.25) is 0 Å². The fraction of sp³-hybridized carbons (Fsp3) is 0.976. The van der Waals surface area contributed by atoms with Crippen molar-refractivity contribution in [1.29, 1.82) is 0 Å². The van der Waals surface area contributed by atoms with Crippen molar-refractivity contribution in [2.75, 3.05) is 6.61 Å². The van der Waals surface area contributed by atoms with Gasteiger partial charge in [-0.3, -0.25) is 4.79 Å². The largest absolute Gasteiger partial charge is 0.465 e. The first-order chi connectivity index (χ1) is 25.6. The van der Waals surface area contributed by atoms with E-state index in [0.717, 1.165) is 57.8 Å². The molecule has 4 aliphatic heterocycles. The smallest absolute Gasteiger partial charge is 0.306 e. The van der Waals surface area contributed by atoms with E-state index in [-0.39, 0.29) is 54.0 Å². The van der Waals surface area contributed by atoms with Gasteiger partial charge in [-0.1, -0.05) is 13.8 Å². The van der Waals surface area contributed by atoms with Crippen molar-refractivity contribution in [1.82, 2.24) is 0 Å². The van der Waals surface area contributed by atoms with E-state index in [1.807, 2.05) is 6.92 Å². The molecule has 54 heavy (non-hydrogen) atoms. The van der Waals surface area contributed by atoms with Crippen LogP contribution in [0.3, 0.4) is 0 Å². The summed E-state index contributed by atoms with van der Waals surface area (Å²) in [5.74, 6) is 1.72. The quantitative estimate of drug-likeness (QED) is 0.188. The van der Waals surface area contributed by atoms with Gasteiger partial charge in [0.15, 0.2) is 18.9 Å². The Bertz CT molecular complexity index is 1320. The van der Waals surface area contributed by atoms with Crippen LogP contribution in [0.15, 0.2) is 0 Å². The molecule has 13 heteroatoms. The molecule has 4 saturated carbocycles. The minimum atomic E-state index is -0.994. The van der Waals surface area contributed by atoms with Gasteiger partial charge in [0.2, 0.25) is 0 Å². The second kappa shape index (κ2) is 15.0. The van der Waals surface area contributed by atoms with Gasteiger partial charge in [-0.2, -0.15) is 0 Å². The summed E-state index contributed by atoms with van der Waals surface area (Å²) in [5, 5.41) is 55.0. The van der Waals surface area contributed by atoms with Crippen molar-refractivity contribution in [2.24, 2.45) is 40.4 Å². The van der Waals surface area contributed by atoms with Crippen LogP contribution in [0, 0.1) is 40.4 Å². The zero-order chi connectivity index (χ0) is 38.3. The van der Waals surface area contributed by atoms with Crippen LogP contribution in [-0.4, -0.2) is 124 Å². The number of cyclic esters (lactones) is 1. The van der Waals surface area contributed by atoms with Gasteiger partial charge in [-0.25, -0.2) is 0 Å². The van der Waals surface area contributed by atoms with Gasteiger partial charge >= 0.3 is 5.97 Å². The van der Waals surface area contributed by atoms with Crippen LogP contribution in [-0.2, 0) is 38.0 Å². The highest BCUT2D eigenvalue weighted by Crippen LogP contribution is 2.70. The van der Waals surface area contributed by atoms with Crippen molar-refractivity contribution >= 4 is 5.97 Å². The van der Waals surface area contributed by atoms with E-state index < -0.39 is 79.4 Å². The van der Waals surface area contributed by atoms with Crippen molar-refractivity contribution in [3.63, 3.8) is 0 Å². The Balaban J connectivity index is 0.823. The highest BCUT2D eigenvalue weighted by atomic mass is 16.7.